The molecule has 7 nitrogen and oxygen atoms in total. The van der Waals surface area contributed by atoms with E-state index in [1.165, 1.54) is 18.2 Å². The van der Waals surface area contributed by atoms with Crippen LogP contribution in [0.2, 0.25) is 0 Å². The minimum Gasteiger partial charge on any atom is -0.343 e. The number of amides is 2. The van der Waals surface area contributed by atoms with Crippen molar-refractivity contribution in [1.82, 2.24) is 5.32 Å². The van der Waals surface area contributed by atoms with E-state index < -0.39 is 10.8 Å². The zero-order chi connectivity index (χ0) is 18.9. The Morgan fingerprint density at radius 3 is 2.54 bits per heavy atom. The molecule has 26 heavy (non-hydrogen) atoms. The highest BCUT2D eigenvalue weighted by molar-refractivity contribution is 5.98. The molecule has 2 N–H and O–H groups in total. The summed E-state index contributed by atoms with van der Waals surface area (Å²) in [5, 5.41) is 16.1. The lowest BCUT2D eigenvalue weighted by Gasteiger charge is -2.09. The quantitative estimate of drug-likeness (QED) is 0.454. The third-order valence-corrected chi connectivity index (χ3v) is 3.64. The first kappa shape index (κ1) is 18.9. The third kappa shape index (κ3) is 5.27. The molecule has 0 aliphatic rings. The van der Waals surface area contributed by atoms with Crippen molar-refractivity contribution in [3.63, 3.8) is 0 Å². The van der Waals surface area contributed by atoms with Gasteiger partial charge in [0.2, 0.25) is 11.8 Å². The Bertz CT molecular complexity index is 846. The SMILES string of the molecule is CCc1ccccc1NC(=O)CNC(=O)/C=C/c1ccccc1[N+](=O)[O-]. The second-order valence-corrected chi connectivity index (χ2v) is 5.43. The average molecular weight is 353 g/mol. The van der Waals surface area contributed by atoms with Crippen LogP contribution in [0.5, 0.6) is 0 Å². The maximum Gasteiger partial charge on any atom is 0.276 e. The molecule has 134 valence electrons. The van der Waals surface area contributed by atoms with Gasteiger partial charge in [-0.2, -0.15) is 0 Å². The predicted octanol–water partition coefficient (Wildman–Crippen LogP) is 2.93. The topological polar surface area (TPSA) is 101 Å². The van der Waals surface area contributed by atoms with E-state index in [0.717, 1.165) is 18.1 Å². The first-order chi connectivity index (χ1) is 12.5. The summed E-state index contributed by atoms with van der Waals surface area (Å²) in [6, 6.07) is 13.5. The number of nitrogens with one attached hydrogen (secondary N) is 2. The van der Waals surface area contributed by atoms with E-state index in [9.17, 15) is 19.7 Å². The Hall–Kier alpha value is -3.48. The molecule has 0 unspecified atom stereocenters. The zero-order valence-electron chi connectivity index (χ0n) is 14.3. The highest BCUT2D eigenvalue weighted by atomic mass is 16.6. The molecule has 0 aliphatic carbocycles. The monoisotopic (exact) mass is 353 g/mol. The van der Waals surface area contributed by atoms with Crippen LogP contribution < -0.4 is 10.6 Å². The molecule has 2 amide bonds. The van der Waals surface area contributed by atoms with Gasteiger partial charge >= 0.3 is 0 Å². The minimum atomic E-state index is -0.518. The fourth-order valence-corrected chi connectivity index (χ4v) is 2.33. The molecule has 0 heterocycles. The third-order valence-electron chi connectivity index (χ3n) is 3.64. The predicted molar refractivity (Wildman–Crippen MR) is 99.6 cm³/mol. The van der Waals surface area contributed by atoms with Gasteiger partial charge in [0.25, 0.3) is 5.69 Å². The van der Waals surface area contributed by atoms with Gasteiger partial charge in [0, 0.05) is 17.8 Å². The molecule has 0 fully saturated rings. The van der Waals surface area contributed by atoms with Gasteiger partial charge in [-0.05, 0) is 30.2 Å². The number of carbonyl (C=O) groups excluding carboxylic acids is 2. The number of anilines is 1. The van der Waals surface area contributed by atoms with Gasteiger partial charge in [0.15, 0.2) is 0 Å². The summed E-state index contributed by atoms with van der Waals surface area (Å²) >= 11 is 0. The van der Waals surface area contributed by atoms with Gasteiger partial charge in [-0.15, -0.1) is 0 Å². The lowest BCUT2D eigenvalue weighted by atomic mass is 10.1. The standard InChI is InChI=1S/C19H19N3O4/c1-2-14-7-3-5-9-16(14)21-19(24)13-20-18(23)12-11-15-8-4-6-10-17(15)22(25)26/h3-12H,2,13H2,1H3,(H,20,23)(H,21,24)/b12-11+. The molecule has 0 radical (unpaired) electrons. The van der Waals surface area contributed by atoms with Crippen molar-refractivity contribution in [3.05, 3.63) is 75.8 Å². The van der Waals surface area contributed by atoms with Gasteiger partial charge in [0.1, 0.15) is 0 Å². The van der Waals surface area contributed by atoms with Crippen LogP contribution in [0.1, 0.15) is 18.1 Å². The molecule has 0 aromatic heterocycles. The minimum absolute atomic E-state index is 0.0922. The summed E-state index contributed by atoms with van der Waals surface area (Å²) < 4.78 is 0. The van der Waals surface area contributed by atoms with Crippen LogP contribution in [-0.2, 0) is 16.0 Å². The van der Waals surface area contributed by atoms with Crippen molar-refractivity contribution in [1.29, 1.82) is 0 Å². The molecule has 0 saturated heterocycles. The first-order valence-corrected chi connectivity index (χ1v) is 8.08. The number of rotatable bonds is 7. The van der Waals surface area contributed by atoms with Crippen molar-refractivity contribution in [2.24, 2.45) is 0 Å². The van der Waals surface area contributed by atoms with E-state index in [2.05, 4.69) is 10.6 Å². The summed E-state index contributed by atoms with van der Waals surface area (Å²) in [5.41, 5.74) is 1.94. The molecule has 2 aromatic carbocycles. The van der Waals surface area contributed by atoms with Crippen LogP contribution in [0, 0.1) is 10.1 Å². The lowest BCUT2D eigenvalue weighted by Crippen LogP contribution is -2.31. The van der Waals surface area contributed by atoms with Gasteiger partial charge in [0.05, 0.1) is 17.0 Å². The first-order valence-electron chi connectivity index (χ1n) is 8.08. The number of nitrogens with zero attached hydrogens (tertiary/aromatic N) is 1. The Labute approximate surface area is 150 Å². The molecule has 2 aromatic rings. The van der Waals surface area contributed by atoms with Crippen LogP contribution in [-0.4, -0.2) is 23.3 Å². The molecule has 7 heteroatoms. The molecule has 0 atom stereocenters. The number of hydrogen-bond donors (Lipinski definition) is 2. The van der Waals surface area contributed by atoms with Crippen LogP contribution in [0.25, 0.3) is 6.08 Å². The zero-order valence-corrected chi connectivity index (χ0v) is 14.3. The second kappa shape index (κ2) is 9.12. The molecule has 0 aliphatic heterocycles. The van der Waals surface area contributed by atoms with Crippen molar-refractivity contribution in [3.8, 4) is 0 Å². The number of aryl methyl sites for hydroxylation is 1. The number of para-hydroxylation sites is 2. The molecule has 0 spiro atoms. The molecule has 2 rings (SSSR count). The average Bonchev–Trinajstić information content (AvgIpc) is 2.65. The van der Waals surface area contributed by atoms with E-state index in [1.807, 2.05) is 25.1 Å². The fraction of sp³-hybridized carbons (Fsp3) is 0.158. The summed E-state index contributed by atoms with van der Waals surface area (Å²) in [6.07, 6.45) is 3.29. The van der Waals surface area contributed by atoms with Crippen LogP contribution in [0.4, 0.5) is 11.4 Å². The van der Waals surface area contributed by atoms with Crippen LogP contribution in [0.3, 0.4) is 0 Å². The van der Waals surface area contributed by atoms with E-state index in [-0.39, 0.29) is 18.1 Å². The van der Waals surface area contributed by atoms with Crippen molar-refractivity contribution in [2.75, 3.05) is 11.9 Å². The summed E-state index contributed by atoms with van der Waals surface area (Å²) in [6.45, 7) is 1.79. The number of nitro groups is 1. The molecular weight excluding hydrogens is 334 g/mol. The van der Waals surface area contributed by atoms with E-state index in [4.69, 9.17) is 0 Å². The number of benzene rings is 2. The Morgan fingerprint density at radius 2 is 1.81 bits per heavy atom. The van der Waals surface area contributed by atoms with Gasteiger partial charge in [-0.1, -0.05) is 37.3 Å². The van der Waals surface area contributed by atoms with Gasteiger partial charge in [-0.3, -0.25) is 19.7 Å². The summed E-state index contributed by atoms with van der Waals surface area (Å²) in [4.78, 5) is 34.2. The summed E-state index contributed by atoms with van der Waals surface area (Å²) in [5.74, 6) is -0.861. The maximum absolute atomic E-state index is 12.0. The van der Waals surface area contributed by atoms with E-state index >= 15 is 0 Å². The van der Waals surface area contributed by atoms with Crippen molar-refractivity contribution >= 4 is 29.3 Å². The van der Waals surface area contributed by atoms with Crippen LogP contribution in [0.15, 0.2) is 54.6 Å². The second-order valence-electron chi connectivity index (χ2n) is 5.43. The Balaban J connectivity index is 1.91. The highest BCUT2D eigenvalue weighted by Gasteiger charge is 2.10. The smallest absolute Gasteiger partial charge is 0.276 e. The fourth-order valence-electron chi connectivity index (χ4n) is 2.33. The Morgan fingerprint density at radius 1 is 1.12 bits per heavy atom. The van der Waals surface area contributed by atoms with Crippen LogP contribution >= 0.6 is 0 Å². The number of hydrogen-bond acceptors (Lipinski definition) is 4. The van der Waals surface area contributed by atoms with Crippen molar-refractivity contribution < 1.29 is 14.5 Å². The number of nitro benzene ring substituents is 1. The maximum atomic E-state index is 12.0. The van der Waals surface area contributed by atoms with E-state index in [0.29, 0.717) is 11.3 Å². The summed E-state index contributed by atoms with van der Waals surface area (Å²) in [7, 11) is 0. The van der Waals surface area contributed by atoms with E-state index in [1.54, 1.807) is 18.2 Å². The largest absolute Gasteiger partial charge is 0.343 e. The normalized spacial score (nSPS) is 10.5. The highest BCUT2D eigenvalue weighted by Crippen LogP contribution is 2.18. The molecule has 0 bridgehead atoms. The number of carbonyl (C=O) groups is 2. The Kier molecular flexibility index (Phi) is 6.61. The lowest BCUT2D eigenvalue weighted by molar-refractivity contribution is -0.385. The van der Waals surface area contributed by atoms with Crippen molar-refractivity contribution in [2.45, 2.75) is 13.3 Å². The van der Waals surface area contributed by atoms with Gasteiger partial charge in [-0.25, -0.2) is 0 Å². The molecule has 0 saturated carbocycles. The molecular formula is C19H19N3O4. The van der Waals surface area contributed by atoms with Gasteiger partial charge < -0.3 is 10.6 Å².